The van der Waals surface area contributed by atoms with Crippen molar-refractivity contribution >= 4 is 11.9 Å². The van der Waals surface area contributed by atoms with Gasteiger partial charge < -0.3 is 10.0 Å². The third-order valence-corrected chi connectivity index (χ3v) is 5.36. The quantitative estimate of drug-likeness (QED) is 0.896. The van der Waals surface area contributed by atoms with E-state index in [2.05, 4.69) is 9.97 Å². The Kier molecular flexibility index (Phi) is 5.43. The minimum atomic E-state index is -1.13. The first-order valence-electron chi connectivity index (χ1n) is 9.01. The fraction of sp³-hybridized carbons (Fsp3) is 0.667. The molecule has 1 saturated heterocycles. The number of aromatic carboxylic acids is 1. The van der Waals surface area contributed by atoms with Crippen LogP contribution in [0.4, 0.5) is 0 Å². The van der Waals surface area contributed by atoms with Crippen LogP contribution in [0.25, 0.3) is 0 Å². The average Bonchev–Trinajstić information content (AvgIpc) is 3.09. The Morgan fingerprint density at radius 3 is 2.38 bits per heavy atom. The monoisotopic (exact) mass is 331 g/mol. The third-order valence-electron chi connectivity index (χ3n) is 5.36. The van der Waals surface area contributed by atoms with Crippen molar-refractivity contribution in [1.82, 2.24) is 14.9 Å². The number of nitrogens with zero attached hydrogens (tertiary/aromatic N) is 3. The van der Waals surface area contributed by atoms with Crippen molar-refractivity contribution in [3.05, 3.63) is 23.8 Å². The maximum absolute atomic E-state index is 12.7. The van der Waals surface area contributed by atoms with Gasteiger partial charge in [-0.3, -0.25) is 4.79 Å². The van der Waals surface area contributed by atoms with Crippen LogP contribution in [-0.2, 0) is 0 Å². The van der Waals surface area contributed by atoms with Gasteiger partial charge in [-0.25, -0.2) is 14.8 Å². The lowest BCUT2D eigenvalue weighted by molar-refractivity contribution is 0.0681. The molecule has 1 aromatic heterocycles. The SMILES string of the molecule is O=C(O)c1cnc(C(=O)N2CCCC2CCC2CCCCC2)cn1. The van der Waals surface area contributed by atoms with Crippen LogP contribution in [0, 0.1) is 5.92 Å². The first kappa shape index (κ1) is 16.9. The van der Waals surface area contributed by atoms with E-state index < -0.39 is 5.97 Å². The summed E-state index contributed by atoms with van der Waals surface area (Å²) < 4.78 is 0. The molecule has 24 heavy (non-hydrogen) atoms. The van der Waals surface area contributed by atoms with Gasteiger partial charge in [-0.1, -0.05) is 32.1 Å². The molecule has 6 heteroatoms. The predicted octanol–water partition coefficient (Wildman–Crippen LogP) is 3.14. The molecule has 0 aromatic carbocycles. The van der Waals surface area contributed by atoms with Crippen molar-refractivity contribution in [3.63, 3.8) is 0 Å². The number of carbonyl (C=O) groups excluding carboxylic acids is 1. The van der Waals surface area contributed by atoms with Crippen LogP contribution in [-0.4, -0.2) is 44.4 Å². The lowest BCUT2D eigenvalue weighted by atomic mass is 9.85. The Morgan fingerprint density at radius 2 is 1.71 bits per heavy atom. The fourth-order valence-electron chi connectivity index (χ4n) is 4.00. The molecule has 2 fully saturated rings. The lowest BCUT2D eigenvalue weighted by Crippen LogP contribution is -2.36. The van der Waals surface area contributed by atoms with E-state index in [1.165, 1.54) is 44.7 Å². The number of amides is 1. The predicted molar refractivity (Wildman–Crippen MR) is 88.9 cm³/mol. The highest BCUT2D eigenvalue weighted by atomic mass is 16.4. The van der Waals surface area contributed by atoms with Gasteiger partial charge in [0.2, 0.25) is 0 Å². The topological polar surface area (TPSA) is 83.4 Å². The molecule has 1 N–H and O–H groups in total. The molecule has 1 aliphatic heterocycles. The molecule has 1 saturated carbocycles. The van der Waals surface area contributed by atoms with Crippen molar-refractivity contribution in [1.29, 1.82) is 0 Å². The minimum absolute atomic E-state index is 0.120. The van der Waals surface area contributed by atoms with Gasteiger partial charge in [0.1, 0.15) is 5.69 Å². The van der Waals surface area contributed by atoms with Gasteiger partial charge in [-0.05, 0) is 31.6 Å². The number of hydrogen-bond donors (Lipinski definition) is 1. The zero-order chi connectivity index (χ0) is 16.9. The van der Waals surface area contributed by atoms with E-state index in [0.717, 1.165) is 37.9 Å². The molecule has 6 nitrogen and oxygen atoms in total. The van der Waals surface area contributed by atoms with Crippen molar-refractivity contribution in [2.45, 2.75) is 63.8 Å². The molecule has 1 atom stereocenters. The first-order valence-corrected chi connectivity index (χ1v) is 9.01. The molecular formula is C18H25N3O3. The van der Waals surface area contributed by atoms with Gasteiger partial charge in [0.25, 0.3) is 5.91 Å². The van der Waals surface area contributed by atoms with E-state index >= 15 is 0 Å². The number of carbonyl (C=O) groups is 2. The molecule has 2 heterocycles. The Hall–Kier alpha value is -1.98. The summed E-state index contributed by atoms with van der Waals surface area (Å²) in [7, 11) is 0. The Labute approximate surface area is 142 Å². The highest BCUT2D eigenvalue weighted by Crippen LogP contribution is 2.31. The smallest absolute Gasteiger partial charge is 0.356 e. The average molecular weight is 331 g/mol. The van der Waals surface area contributed by atoms with Gasteiger partial charge in [0, 0.05) is 12.6 Å². The van der Waals surface area contributed by atoms with E-state index in [9.17, 15) is 9.59 Å². The molecule has 0 spiro atoms. The van der Waals surface area contributed by atoms with E-state index in [-0.39, 0.29) is 17.3 Å². The zero-order valence-corrected chi connectivity index (χ0v) is 14.0. The fourth-order valence-corrected chi connectivity index (χ4v) is 4.00. The summed E-state index contributed by atoms with van der Waals surface area (Å²) in [6, 6.07) is 0.292. The molecule has 0 bridgehead atoms. The lowest BCUT2D eigenvalue weighted by Gasteiger charge is -2.27. The normalized spacial score (nSPS) is 21.8. The Balaban J connectivity index is 1.59. The van der Waals surface area contributed by atoms with Crippen molar-refractivity contribution in [2.75, 3.05) is 6.54 Å². The van der Waals surface area contributed by atoms with Crippen LogP contribution in [0.2, 0.25) is 0 Å². The summed E-state index contributed by atoms with van der Waals surface area (Å²) in [5.41, 5.74) is 0.103. The molecular weight excluding hydrogens is 306 g/mol. The van der Waals surface area contributed by atoms with Crippen molar-refractivity contribution in [2.24, 2.45) is 5.92 Å². The minimum Gasteiger partial charge on any atom is -0.476 e. The summed E-state index contributed by atoms with van der Waals surface area (Å²) in [6.07, 6.45) is 13.5. The van der Waals surface area contributed by atoms with Gasteiger partial charge in [-0.15, -0.1) is 0 Å². The molecule has 1 unspecified atom stereocenters. The van der Waals surface area contributed by atoms with Gasteiger partial charge >= 0.3 is 5.97 Å². The number of carboxylic acids is 1. The molecule has 3 rings (SSSR count). The van der Waals surface area contributed by atoms with E-state index in [1.807, 2.05) is 4.90 Å². The van der Waals surface area contributed by atoms with Crippen LogP contribution >= 0.6 is 0 Å². The highest BCUT2D eigenvalue weighted by molar-refractivity contribution is 5.93. The molecule has 130 valence electrons. The van der Waals surface area contributed by atoms with Crippen molar-refractivity contribution in [3.8, 4) is 0 Å². The van der Waals surface area contributed by atoms with Crippen LogP contribution in [0.15, 0.2) is 12.4 Å². The van der Waals surface area contributed by atoms with Crippen LogP contribution in [0.1, 0.15) is 78.8 Å². The standard InChI is InChI=1S/C18H25N3O3/c22-17(15-11-20-16(12-19-15)18(23)24)21-10-4-7-14(21)9-8-13-5-2-1-3-6-13/h11-14H,1-10H2,(H,23,24). The summed E-state index contributed by atoms with van der Waals surface area (Å²) in [4.78, 5) is 33.2. The number of carboxylic acid groups (broad SMARTS) is 1. The summed E-state index contributed by atoms with van der Waals surface area (Å²) in [5, 5.41) is 8.86. The van der Waals surface area contributed by atoms with Gasteiger partial charge in [0.05, 0.1) is 12.4 Å². The Morgan fingerprint density at radius 1 is 1.00 bits per heavy atom. The molecule has 1 aromatic rings. The van der Waals surface area contributed by atoms with Crippen LogP contribution in [0.5, 0.6) is 0 Å². The third kappa shape index (κ3) is 3.91. The second-order valence-corrected chi connectivity index (χ2v) is 6.97. The largest absolute Gasteiger partial charge is 0.476 e. The number of aromatic nitrogens is 2. The van der Waals surface area contributed by atoms with Gasteiger partial charge in [0.15, 0.2) is 5.69 Å². The number of hydrogen-bond acceptors (Lipinski definition) is 4. The van der Waals surface area contributed by atoms with E-state index in [1.54, 1.807) is 0 Å². The second kappa shape index (κ2) is 7.73. The molecule has 2 aliphatic rings. The maximum Gasteiger partial charge on any atom is 0.356 e. The summed E-state index contributed by atoms with van der Waals surface area (Å²) in [6.45, 7) is 0.760. The zero-order valence-electron chi connectivity index (χ0n) is 14.0. The molecule has 1 amide bonds. The maximum atomic E-state index is 12.7. The van der Waals surface area contributed by atoms with Gasteiger partial charge in [-0.2, -0.15) is 0 Å². The summed E-state index contributed by atoms with van der Waals surface area (Å²) in [5.74, 6) is -0.426. The summed E-state index contributed by atoms with van der Waals surface area (Å²) >= 11 is 0. The number of likely N-dealkylation sites (tertiary alicyclic amines) is 1. The van der Waals surface area contributed by atoms with E-state index in [0.29, 0.717) is 6.04 Å². The van der Waals surface area contributed by atoms with Crippen LogP contribution in [0.3, 0.4) is 0 Å². The molecule has 0 radical (unpaired) electrons. The number of rotatable bonds is 5. The highest BCUT2D eigenvalue weighted by Gasteiger charge is 2.30. The van der Waals surface area contributed by atoms with Crippen LogP contribution < -0.4 is 0 Å². The molecule has 1 aliphatic carbocycles. The van der Waals surface area contributed by atoms with Crippen molar-refractivity contribution < 1.29 is 14.7 Å². The van der Waals surface area contributed by atoms with E-state index in [4.69, 9.17) is 5.11 Å². The first-order chi connectivity index (χ1) is 11.6. The second-order valence-electron chi connectivity index (χ2n) is 6.97. The Bertz CT molecular complexity index is 582.